The van der Waals surface area contributed by atoms with E-state index in [2.05, 4.69) is 17.4 Å². The lowest BCUT2D eigenvalue weighted by atomic mass is 9.97. The van der Waals surface area contributed by atoms with E-state index < -0.39 is 0 Å². The van der Waals surface area contributed by atoms with Gasteiger partial charge >= 0.3 is 0 Å². The quantitative estimate of drug-likeness (QED) is 0.694. The molecule has 1 N–H and O–H groups in total. The van der Waals surface area contributed by atoms with Crippen molar-refractivity contribution < 1.29 is 9.59 Å². The number of carbonyl (C=O) groups excluding carboxylic acids is 2. The minimum Gasteiger partial charge on any atom is -0.349 e. The lowest BCUT2D eigenvalue weighted by Gasteiger charge is -2.22. The minimum absolute atomic E-state index is 0.00401. The van der Waals surface area contributed by atoms with Gasteiger partial charge < -0.3 is 10.2 Å². The van der Waals surface area contributed by atoms with Crippen molar-refractivity contribution in [3.63, 3.8) is 0 Å². The van der Waals surface area contributed by atoms with Crippen molar-refractivity contribution in [2.75, 3.05) is 11.4 Å². The van der Waals surface area contributed by atoms with Crippen LogP contribution in [0.25, 0.3) is 0 Å². The summed E-state index contributed by atoms with van der Waals surface area (Å²) in [7, 11) is 0. The first-order valence-corrected chi connectivity index (χ1v) is 9.95. The van der Waals surface area contributed by atoms with Crippen LogP contribution in [0.1, 0.15) is 23.6 Å². The fourth-order valence-corrected chi connectivity index (χ4v) is 3.82. The molecule has 4 heteroatoms. The van der Waals surface area contributed by atoms with Crippen LogP contribution in [0, 0.1) is 5.92 Å². The number of anilines is 1. The molecule has 0 aliphatic carbocycles. The van der Waals surface area contributed by atoms with E-state index in [1.165, 1.54) is 0 Å². The molecule has 2 atom stereocenters. The Kier molecular flexibility index (Phi) is 5.71. The van der Waals surface area contributed by atoms with Crippen LogP contribution in [0.5, 0.6) is 0 Å². The van der Waals surface area contributed by atoms with E-state index in [9.17, 15) is 9.59 Å². The first-order chi connectivity index (χ1) is 14.2. The lowest BCUT2D eigenvalue weighted by molar-refractivity contribution is -0.127. The van der Waals surface area contributed by atoms with E-state index in [-0.39, 0.29) is 30.2 Å². The molecule has 1 aliphatic heterocycles. The van der Waals surface area contributed by atoms with Crippen molar-refractivity contribution in [2.24, 2.45) is 5.92 Å². The van der Waals surface area contributed by atoms with Crippen molar-refractivity contribution in [2.45, 2.75) is 18.9 Å². The molecule has 4 rings (SSSR count). The van der Waals surface area contributed by atoms with E-state index in [1.807, 2.05) is 78.9 Å². The Bertz CT molecular complexity index is 958. The van der Waals surface area contributed by atoms with Crippen LogP contribution >= 0.6 is 0 Å². The fraction of sp³-hybridized carbons (Fsp3) is 0.200. The molecule has 2 amide bonds. The number of carbonyl (C=O) groups is 2. The Balaban J connectivity index is 1.49. The van der Waals surface area contributed by atoms with Gasteiger partial charge in [-0.25, -0.2) is 0 Å². The molecule has 0 spiro atoms. The van der Waals surface area contributed by atoms with E-state index in [4.69, 9.17) is 0 Å². The van der Waals surface area contributed by atoms with Gasteiger partial charge in [-0.2, -0.15) is 0 Å². The normalized spacial score (nSPS) is 17.2. The molecular formula is C25H24N2O2. The highest BCUT2D eigenvalue weighted by Crippen LogP contribution is 2.26. The average Bonchev–Trinajstić information content (AvgIpc) is 3.17. The zero-order chi connectivity index (χ0) is 20.1. The molecule has 1 fully saturated rings. The predicted octanol–water partition coefficient (Wildman–Crippen LogP) is 4.14. The number of nitrogens with zero attached hydrogens (tertiary/aromatic N) is 1. The van der Waals surface area contributed by atoms with Crippen LogP contribution in [0.2, 0.25) is 0 Å². The van der Waals surface area contributed by atoms with E-state index in [1.54, 1.807) is 4.90 Å². The summed E-state index contributed by atoms with van der Waals surface area (Å²) in [6.45, 7) is 0.418. The van der Waals surface area contributed by atoms with E-state index >= 15 is 0 Å². The Hall–Kier alpha value is -3.40. The molecule has 2 unspecified atom stereocenters. The molecule has 3 aromatic carbocycles. The van der Waals surface area contributed by atoms with Gasteiger partial charge in [0.05, 0.1) is 12.0 Å². The second-order valence-electron chi connectivity index (χ2n) is 7.40. The smallest absolute Gasteiger partial charge is 0.227 e. The number of hydrogen-bond donors (Lipinski definition) is 1. The summed E-state index contributed by atoms with van der Waals surface area (Å²) >= 11 is 0. The Morgan fingerprint density at radius 2 is 1.48 bits per heavy atom. The van der Waals surface area contributed by atoms with Gasteiger partial charge in [0.2, 0.25) is 11.8 Å². The minimum atomic E-state index is -0.343. The maximum Gasteiger partial charge on any atom is 0.227 e. The van der Waals surface area contributed by atoms with E-state index in [0.717, 1.165) is 16.8 Å². The number of rotatable bonds is 6. The SMILES string of the molecule is O=C(NC(Cc1ccccc1)c1ccccc1)C1CC(=O)N(c2ccccc2)C1. The van der Waals surface area contributed by atoms with E-state index in [0.29, 0.717) is 13.0 Å². The highest BCUT2D eigenvalue weighted by Gasteiger charge is 2.35. The van der Waals surface area contributed by atoms with Gasteiger partial charge in [0.25, 0.3) is 0 Å². The molecule has 3 aromatic rings. The van der Waals surface area contributed by atoms with Gasteiger partial charge in [0, 0.05) is 18.7 Å². The highest BCUT2D eigenvalue weighted by molar-refractivity contribution is 6.00. The fourth-order valence-electron chi connectivity index (χ4n) is 3.82. The van der Waals surface area contributed by atoms with Crippen molar-refractivity contribution in [1.29, 1.82) is 0 Å². The van der Waals surface area contributed by atoms with Crippen molar-refractivity contribution in [1.82, 2.24) is 5.32 Å². The molecule has 146 valence electrons. The molecule has 4 nitrogen and oxygen atoms in total. The summed E-state index contributed by atoms with van der Waals surface area (Å²) in [5.41, 5.74) is 3.07. The summed E-state index contributed by atoms with van der Waals surface area (Å²) < 4.78 is 0. The first kappa shape index (κ1) is 18.9. The molecule has 0 radical (unpaired) electrons. The second kappa shape index (κ2) is 8.74. The van der Waals surface area contributed by atoms with Crippen LogP contribution in [-0.4, -0.2) is 18.4 Å². The number of benzene rings is 3. The molecule has 1 aliphatic rings. The molecular weight excluding hydrogens is 360 g/mol. The predicted molar refractivity (Wildman–Crippen MR) is 114 cm³/mol. The Morgan fingerprint density at radius 3 is 2.14 bits per heavy atom. The second-order valence-corrected chi connectivity index (χ2v) is 7.40. The number of nitrogens with one attached hydrogen (secondary N) is 1. The molecule has 1 saturated heterocycles. The zero-order valence-electron chi connectivity index (χ0n) is 16.2. The number of amides is 2. The zero-order valence-corrected chi connectivity index (χ0v) is 16.2. The van der Waals surface area contributed by atoms with Crippen molar-refractivity contribution in [3.8, 4) is 0 Å². The van der Waals surface area contributed by atoms with Gasteiger partial charge in [-0.3, -0.25) is 9.59 Å². The van der Waals surface area contributed by atoms with Crippen LogP contribution in [0.15, 0.2) is 91.0 Å². The third kappa shape index (κ3) is 4.54. The van der Waals surface area contributed by atoms with Gasteiger partial charge in [-0.1, -0.05) is 78.9 Å². The summed E-state index contributed by atoms with van der Waals surface area (Å²) in [5, 5.41) is 3.20. The highest BCUT2D eigenvalue weighted by atomic mass is 16.2. The third-order valence-electron chi connectivity index (χ3n) is 5.36. The van der Waals surface area contributed by atoms with Crippen molar-refractivity contribution >= 4 is 17.5 Å². The lowest BCUT2D eigenvalue weighted by Crippen LogP contribution is -2.36. The Labute approximate surface area is 171 Å². The molecule has 0 bridgehead atoms. The molecule has 29 heavy (non-hydrogen) atoms. The van der Waals surface area contributed by atoms with Crippen LogP contribution in [0.4, 0.5) is 5.69 Å². The topological polar surface area (TPSA) is 49.4 Å². The number of para-hydroxylation sites is 1. The van der Waals surface area contributed by atoms with Crippen molar-refractivity contribution in [3.05, 3.63) is 102 Å². The van der Waals surface area contributed by atoms with Gasteiger partial charge in [-0.05, 0) is 29.7 Å². The maximum absolute atomic E-state index is 13.1. The van der Waals surface area contributed by atoms with Crippen LogP contribution < -0.4 is 10.2 Å². The molecule has 0 saturated carbocycles. The molecule has 0 aromatic heterocycles. The van der Waals surface area contributed by atoms with Crippen LogP contribution in [0.3, 0.4) is 0 Å². The average molecular weight is 384 g/mol. The molecule has 1 heterocycles. The largest absolute Gasteiger partial charge is 0.349 e. The van der Waals surface area contributed by atoms with Gasteiger partial charge in [0.1, 0.15) is 0 Å². The Morgan fingerprint density at radius 1 is 0.897 bits per heavy atom. The van der Waals surface area contributed by atoms with Crippen LogP contribution in [-0.2, 0) is 16.0 Å². The summed E-state index contributed by atoms with van der Waals surface area (Å²) in [6, 6.07) is 29.5. The number of hydrogen-bond acceptors (Lipinski definition) is 2. The third-order valence-corrected chi connectivity index (χ3v) is 5.36. The first-order valence-electron chi connectivity index (χ1n) is 9.95. The van der Waals surface area contributed by atoms with Gasteiger partial charge in [0.15, 0.2) is 0 Å². The summed E-state index contributed by atoms with van der Waals surface area (Å²) in [4.78, 5) is 27.2. The summed E-state index contributed by atoms with van der Waals surface area (Å²) in [5.74, 6) is -0.415. The standard InChI is InChI=1S/C25H24N2O2/c28-24-17-21(18-27(24)22-14-8-3-9-15-22)25(29)26-23(20-12-6-2-7-13-20)16-19-10-4-1-5-11-19/h1-15,21,23H,16-18H2,(H,26,29). The van der Waals surface area contributed by atoms with Gasteiger partial charge in [-0.15, -0.1) is 0 Å². The maximum atomic E-state index is 13.1. The summed E-state index contributed by atoms with van der Waals surface area (Å²) in [6.07, 6.45) is 0.952. The monoisotopic (exact) mass is 384 g/mol.